The smallest absolute Gasteiger partial charge is 0.267 e. The number of amides is 1. The van der Waals surface area contributed by atoms with Crippen LogP contribution >= 0.6 is 0 Å². The van der Waals surface area contributed by atoms with E-state index < -0.39 is 16.1 Å². The summed E-state index contributed by atoms with van der Waals surface area (Å²) in [5.74, 6) is 0.222. The molecular weight excluding hydrogens is 448 g/mol. The average Bonchev–Trinajstić information content (AvgIpc) is 3.08. The molecule has 1 amide bonds. The van der Waals surface area contributed by atoms with Gasteiger partial charge in [-0.25, -0.2) is 8.42 Å². The van der Waals surface area contributed by atoms with Crippen LogP contribution in [0.25, 0.3) is 0 Å². The number of sulfonamides is 1. The van der Waals surface area contributed by atoms with Gasteiger partial charge in [0.05, 0.1) is 18.2 Å². The number of aliphatic hydroxyl groups is 1. The minimum Gasteiger partial charge on any atom is -0.488 e. The molecule has 0 radical (unpaired) electrons. The van der Waals surface area contributed by atoms with Gasteiger partial charge in [-0.15, -0.1) is 0 Å². The van der Waals surface area contributed by atoms with Crippen LogP contribution in [0.1, 0.15) is 35.7 Å². The molecule has 2 heterocycles. The second-order valence-electron chi connectivity index (χ2n) is 8.85. The van der Waals surface area contributed by atoms with E-state index in [0.29, 0.717) is 18.8 Å². The number of anilines is 1. The molecule has 0 aliphatic carbocycles. The maximum Gasteiger partial charge on any atom is 0.267 e. The first-order chi connectivity index (χ1) is 15.4. The normalized spacial score (nSPS) is 20.1. The number of hydrogen-bond acceptors (Lipinski definition) is 8. The summed E-state index contributed by atoms with van der Waals surface area (Å²) in [5, 5.41) is 13.4. The quantitative estimate of drug-likeness (QED) is 0.615. The van der Waals surface area contributed by atoms with Crippen LogP contribution in [0.3, 0.4) is 0 Å². The Bertz CT molecular complexity index is 1090. The second-order valence-corrected chi connectivity index (χ2v) is 10.5. The van der Waals surface area contributed by atoms with Crippen LogP contribution in [-0.2, 0) is 10.0 Å². The van der Waals surface area contributed by atoms with E-state index in [2.05, 4.69) is 9.88 Å². The second kappa shape index (κ2) is 9.70. The zero-order valence-electron chi connectivity index (χ0n) is 19.8. The van der Waals surface area contributed by atoms with Crippen LogP contribution in [-0.4, -0.2) is 80.3 Å². The fraction of sp³-hybridized carbons (Fsp3) is 0.545. The van der Waals surface area contributed by atoms with Gasteiger partial charge in [-0.3, -0.25) is 9.52 Å². The molecule has 0 saturated carbocycles. The minimum atomic E-state index is -3.98. The Balaban J connectivity index is 2.03. The number of carbonyl (C=O) groups excluding carboxylic acids is 1. The molecule has 2 N–H and O–H groups in total. The van der Waals surface area contributed by atoms with Gasteiger partial charge < -0.3 is 24.2 Å². The fourth-order valence-electron chi connectivity index (χ4n) is 3.93. The van der Waals surface area contributed by atoms with Crippen molar-refractivity contribution < 1.29 is 27.6 Å². The van der Waals surface area contributed by atoms with Gasteiger partial charge in [0.25, 0.3) is 15.9 Å². The third-order valence-corrected chi connectivity index (χ3v) is 7.32. The third-order valence-electron chi connectivity index (χ3n) is 5.70. The highest BCUT2D eigenvalue weighted by molar-refractivity contribution is 7.92. The Morgan fingerprint density at radius 3 is 2.61 bits per heavy atom. The number of aliphatic hydroxyl groups excluding tert-OH is 1. The van der Waals surface area contributed by atoms with Crippen molar-refractivity contribution in [2.24, 2.45) is 5.92 Å². The molecule has 182 valence electrons. The molecule has 3 rings (SSSR count). The van der Waals surface area contributed by atoms with E-state index in [1.807, 2.05) is 25.9 Å². The van der Waals surface area contributed by atoms with Gasteiger partial charge in [0.1, 0.15) is 17.5 Å². The monoisotopic (exact) mass is 480 g/mol. The van der Waals surface area contributed by atoms with Crippen LogP contribution in [0.4, 0.5) is 5.69 Å². The lowest BCUT2D eigenvalue weighted by molar-refractivity contribution is 0.0363. The molecule has 11 heteroatoms. The Kier molecular flexibility index (Phi) is 7.35. The average molecular weight is 481 g/mol. The number of fused-ring (bicyclic) bond motifs is 1. The topological polar surface area (TPSA) is 125 Å². The lowest BCUT2D eigenvalue weighted by Gasteiger charge is -2.37. The summed E-state index contributed by atoms with van der Waals surface area (Å²) in [4.78, 5) is 17.0. The molecule has 0 bridgehead atoms. The van der Waals surface area contributed by atoms with E-state index in [-0.39, 0.29) is 52.1 Å². The predicted molar refractivity (Wildman–Crippen MR) is 123 cm³/mol. The van der Waals surface area contributed by atoms with Crippen molar-refractivity contribution in [3.63, 3.8) is 0 Å². The van der Waals surface area contributed by atoms with Crippen LogP contribution in [0.5, 0.6) is 5.75 Å². The van der Waals surface area contributed by atoms with Gasteiger partial charge in [0, 0.05) is 24.7 Å². The molecule has 33 heavy (non-hydrogen) atoms. The lowest BCUT2D eigenvalue weighted by atomic mass is 9.99. The minimum absolute atomic E-state index is 0.0104. The van der Waals surface area contributed by atoms with Crippen LogP contribution in [0.15, 0.2) is 27.6 Å². The highest BCUT2D eigenvalue weighted by Crippen LogP contribution is 2.32. The number of carbonyl (C=O) groups is 1. The number of aromatic nitrogens is 1. The first-order valence-electron chi connectivity index (χ1n) is 10.8. The number of benzene rings is 1. The number of hydrogen-bond donors (Lipinski definition) is 2. The zero-order chi connectivity index (χ0) is 24.5. The third kappa shape index (κ3) is 5.31. The van der Waals surface area contributed by atoms with Gasteiger partial charge in [-0.2, -0.15) is 0 Å². The molecule has 0 unspecified atom stereocenters. The number of likely N-dealkylation sites (N-methyl/N-ethyl adjacent to an activating group) is 1. The summed E-state index contributed by atoms with van der Waals surface area (Å²) in [6.45, 7) is 7.69. The molecule has 0 fully saturated rings. The molecule has 0 spiro atoms. The molecule has 1 aliphatic rings. The molecule has 1 aromatic heterocycles. The summed E-state index contributed by atoms with van der Waals surface area (Å²) in [6, 6.07) is 4.21. The molecule has 3 atom stereocenters. The van der Waals surface area contributed by atoms with Gasteiger partial charge in [-0.1, -0.05) is 12.1 Å². The zero-order valence-corrected chi connectivity index (χ0v) is 20.6. The largest absolute Gasteiger partial charge is 0.488 e. The SMILES string of the molecule is Cc1noc(C)c1S(=O)(=O)Nc1ccc2c(c1)C(=O)N([C@@H](C)CO)C[C@@H](C)[C@H](CN(C)C)O2. The van der Waals surface area contributed by atoms with Crippen molar-refractivity contribution in [3.05, 3.63) is 35.2 Å². The first kappa shape index (κ1) is 25.0. The number of aryl methyl sites for hydroxylation is 2. The van der Waals surface area contributed by atoms with Crippen LogP contribution in [0.2, 0.25) is 0 Å². The number of rotatable bonds is 7. The van der Waals surface area contributed by atoms with Crippen molar-refractivity contribution in [1.29, 1.82) is 0 Å². The van der Waals surface area contributed by atoms with Gasteiger partial charge in [0.15, 0.2) is 10.7 Å². The summed E-state index contributed by atoms with van der Waals surface area (Å²) < 4.78 is 39.6. The number of nitrogens with one attached hydrogen (secondary N) is 1. The van der Waals surface area contributed by atoms with Crippen molar-refractivity contribution in [2.45, 2.75) is 44.7 Å². The van der Waals surface area contributed by atoms with E-state index in [9.17, 15) is 18.3 Å². The van der Waals surface area contributed by atoms with Crippen molar-refractivity contribution in [1.82, 2.24) is 15.0 Å². The Morgan fingerprint density at radius 1 is 1.33 bits per heavy atom. The van der Waals surface area contributed by atoms with E-state index in [1.54, 1.807) is 30.9 Å². The predicted octanol–water partition coefficient (Wildman–Crippen LogP) is 1.87. The standard InChI is InChI=1S/C22H32N4O6S/c1-13-10-26(14(2)12-27)22(28)18-9-17(7-8-19(18)31-20(13)11-25(5)6)24-33(29,30)21-15(3)23-32-16(21)4/h7-9,13-14,20,24,27H,10-12H2,1-6H3/t13-,14+,20+/m1/s1. The summed E-state index contributed by atoms with van der Waals surface area (Å²) in [5.41, 5.74) is 0.680. The van der Waals surface area contributed by atoms with Crippen LogP contribution in [0, 0.1) is 19.8 Å². The number of nitrogens with zero attached hydrogens (tertiary/aromatic N) is 3. The lowest BCUT2D eigenvalue weighted by Crippen LogP contribution is -2.49. The van der Waals surface area contributed by atoms with Gasteiger partial charge in [0.2, 0.25) is 0 Å². The van der Waals surface area contributed by atoms with Gasteiger partial charge >= 0.3 is 0 Å². The molecular formula is C22H32N4O6S. The molecule has 10 nitrogen and oxygen atoms in total. The van der Waals surface area contributed by atoms with Crippen molar-refractivity contribution in [2.75, 3.05) is 38.5 Å². The van der Waals surface area contributed by atoms with E-state index in [4.69, 9.17) is 9.26 Å². The fourth-order valence-corrected chi connectivity index (χ4v) is 5.31. The molecule has 1 aliphatic heterocycles. The first-order valence-corrected chi connectivity index (χ1v) is 12.3. The molecule has 1 aromatic carbocycles. The molecule has 2 aromatic rings. The Hall–Kier alpha value is -2.63. The number of ether oxygens (including phenoxy) is 1. The van der Waals surface area contributed by atoms with Crippen molar-refractivity contribution in [3.8, 4) is 5.75 Å². The van der Waals surface area contributed by atoms with Gasteiger partial charge in [-0.05, 0) is 53.1 Å². The summed E-state index contributed by atoms with van der Waals surface area (Å²) >= 11 is 0. The highest BCUT2D eigenvalue weighted by atomic mass is 32.2. The van der Waals surface area contributed by atoms with E-state index >= 15 is 0 Å². The maximum atomic E-state index is 13.4. The van der Waals surface area contributed by atoms with E-state index in [1.165, 1.54) is 13.0 Å². The maximum absolute atomic E-state index is 13.4. The summed E-state index contributed by atoms with van der Waals surface area (Å²) in [6.07, 6.45) is -0.204. The van der Waals surface area contributed by atoms with E-state index in [0.717, 1.165) is 0 Å². The highest BCUT2D eigenvalue weighted by Gasteiger charge is 2.33. The van der Waals surface area contributed by atoms with Crippen molar-refractivity contribution >= 4 is 21.6 Å². The molecule has 0 saturated heterocycles. The Labute approximate surface area is 194 Å². The Morgan fingerprint density at radius 2 is 2.03 bits per heavy atom. The summed E-state index contributed by atoms with van der Waals surface area (Å²) in [7, 11) is -0.0882. The van der Waals surface area contributed by atoms with Crippen LogP contribution < -0.4 is 9.46 Å².